The summed E-state index contributed by atoms with van der Waals surface area (Å²) in [7, 11) is 0. The molecule has 2 N–H and O–H groups in total. The van der Waals surface area contributed by atoms with E-state index in [0.717, 1.165) is 6.42 Å². The van der Waals surface area contributed by atoms with Crippen LogP contribution in [0.1, 0.15) is 40.5 Å². The molecule has 1 amide bonds. The normalized spacial score (nSPS) is 13.4. The van der Waals surface area contributed by atoms with Gasteiger partial charge in [-0.15, -0.1) is 0 Å². The molecule has 0 aromatic heterocycles. The van der Waals surface area contributed by atoms with Gasteiger partial charge >= 0.3 is 5.97 Å². The number of nitrogens with one attached hydrogen (secondary N) is 1. The summed E-state index contributed by atoms with van der Waals surface area (Å²) in [6.07, 6.45) is 1.10. The molecule has 0 saturated carbocycles. The van der Waals surface area contributed by atoms with Crippen LogP contribution in [-0.2, 0) is 9.59 Å². The lowest BCUT2D eigenvalue weighted by atomic mass is 9.86. The van der Waals surface area contributed by atoms with Gasteiger partial charge in [0.05, 0.1) is 0 Å². The molecule has 82 valence electrons. The zero-order valence-corrected chi connectivity index (χ0v) is 9.26. The third-order valence-electron chi connectivity index (χ3n) is 1.90. The van der Waals surface area contributed by atoms with Crippen molar-refractivity contribution >= 4 is 11.9 Å². The van der Waals surface area contributed by atoms with Gasteiger partial charge in [0, 0.05) is 6.42 Å². The molecule has 0 spiro atoms. The van der Waals surface area contributed by atoms with Crippen LogP contribution in [0.4, 0.5) is 0 Å². The van der Waals surface area contributed by atoms with Gasteiger partial charge in [0.2, 0.25) is 5.91 Å². The average Bonchev–Trinajstić information content (AvgIpc) is 1.98. The Morgan fingerprint density at radius 3 is 2.14 bits per heavy atom. The zero-order valence-electron chi connectivity index (χ0n) is 9.26. The van der Waals surface area contributed by atoms with E-state index in [1.54, 1.807) is 20.8 Å². The minimum Gasteiger partial charge on any atom is -0.480 e. The van der Waals surface area contributed by atoms with E-state index in [2.05, 4.69) is 5.32 Å². The number of hydrogen-bond acceptors (Lipinski definition) is 2. The van der Waals surface area contributed by atoms with Crippen molar-refractivity contribution in [1.29, 1.82) is 0 Å². The fraction of sp³-hybridized carbons (Fsp3) is 0.800. The minimum absolute atomic E-state index is 0.199. The lowest BCUT2D eigenvalue weighted by molar-refractivity contribution is -0.144. The highest BCUT2D eigenvalue weighted by Crippen LogP contribution is 2.19. The van der Waals surface area contributed by atoms with Crippen LogP contribution in [0.3, 0.4) is 0 Å². The molecule has 0 aliphatic carbocycles. The van der Waals surface area contributed by atoms with E-state index < -0.39 is 17.4 Å². The molecule has 4 heteroatoms. The highest BCUT2D eigenvalue weighted by Gasteiger charge is 2.32. The van der Waals surface area contributed by atoms with Crippen molar-refractivity contribution in [1.82, 2.24) is 5.32 Å². The Labute approximate surface area is 84.7 Å². The summed E-state index contributed by atoms with van der Waals surface area (Å²) in [5.41, 5.74) is -0.463. The van der Waals surface area contributed by atoms with Crippen LogP contribution in [0.5, 0.6) is 0 Å². The van der Waals surface area contributed by atoms with Crippen LogP contribution in [0, 0.1) is 5.41 Å². The summed E-state index contributed by atoms with van der Waals surface area (Å²) in [4.78, 5) is 22.1. The first-order valence-electron chi connectivity index (χ1n) is 4.81. The van der Waals surface area contributed by atoms with E-state index in [1.165, 1.54) is 0 Å². The molecule has 4 nitrogen and oxygen atoms in total. The molecule has 0 bridgehead atoms. The number of carboxylic acid groups (broad SMARTS) is 1. The molecule has 0 rings (SSSR count). The molecule has 0 aromatic rings. The predicted octanol–water partition coefficient (Wildman–Crippen LogP) is 1.40. The Morgan fingerprint density at radius 2 is 1.86 bits per heavy atom. The van der Waals surface area contributed by atoms with Crippen molar-refractivity contribution < 1.29 is 14.7 Å². The van der Waals surface area contributed by atoms with Crippen LogP contribution in [-0.4, -0.2) is 23.0 Å². The number of carbonyl (C=O) groups excluding carboxylic acids is 1. The van der Waals surface area contributed by atoms with Crippen molar-refractivity contribution in [3.8, 4) is 0 Å². The van der Waals surface area contributed by atoms with Crippen molar-refractivity contribution in [2.75, 3.05) is 0 Å². The molecule has 0 saturated heterocycles. The molecule has 14 heavy (non-hydrogen) atoms. The van der Waals surface area contributed by atoms with Gasteiger partial charge in [0.15, 0.2) is 0 Å². The maximum atomic E-state index is 11.2. The second-order valence-electron chi connectivity index (χ2n) is 4.45. The van der Waals surface area contributed by atoms with E-state index in [-0.39, 0.29) is 5.91 Å². The Balaban J connectivity index is 4.40. The van der Waals surface area contributed by atoms with E-state index in [1.807, 2.05) is 6.92 Å². The Morgan fingerprint density at radius 1 is 1.36 bits per heavy atom. The maximum Gasteiger partial charge on any atom is 0.326 e. The average molecular weight is 201 g/mol. The second-order valence-corrected chi connectivity index (χ2v) is 4.45. The number of amides is 1. The van der Waals surface area contributed by atoms with Crippen LogP contribution in [0.15, 0.2) is 0 Å². The molecular formula is C10H19NO3. The fourth-order valence-corrected chi connectivity index (χ4v) is 1.11. The van der Waals surface area contributed by atoms with Crippen LogP contribution < -0.4 is 5.32 Å². The topological polar surface area (TPSA) is 66.4 Å². The summed E-state index contributed by atoms with van der Waals surface area (Å²) in [5, 5.41) is 11.4. The molecule has 0 heterocycles. The molecule has 0 fully saturated rings. The summed E-state index contributed by atoms with van der Waals surface area (Å²) in [6.45, 7) is 7.25. The number of aliphatic carboxylic acids is 1. The van der Waals surface area contributed by atoms with Gasteiger partial charge in [-0.3, -0.25) is 4.79 Å². The SMILES string of the molecule is CCCC(=O)N[C@@H](C(=O)O)C(C)(C)C. The fourth-order valence-electron chi connectivity index (χ4n) is 1.11. The first kappa shape index (κ1) is 12.9. The molecule has 0 aliphatic heterocycles. The van der Waals surface area contributed by atoms with Gasteiger partial charge in [0.25, 0.3) is 0 Å². The van der Waals surface area contributed by atoms with E-state index in [9.17, 15) is 9.59 Å². The highest BCUT2D eigenvalue weighted by atomic mass is 16.4. The first-order chi connectivity index (χ1) is 6.29. The number of hydrogen-bond donors (Lipinski definition) is 2. The smallest absolute Gasteiger partial charge is 0.326 e. The summed E-state index contributed by atoms with van der Waals surface area (Å²) >= 11 is 0. The molecule has 0 unspecified atom stereocenters. The minimum atomic E-state index is -0.984. The van der Waals surface area contributed by atoms with E-state index >= 15 is 0 Å². The summed E-state index contributed by atoms with van der Waals surface area (Å²) < 4.78 is 0. The third-order valence-corrected chi connectivity index (χ3v) is 1.90. The van der Waals surface area contributed by atoms with Gasteiger partial charge in [-0.05, 0) is 11.8 Å². The number of rotatable bonds is 4. The maximum absolute atomic E-state index is 11.2. The largest absolute Gasteiger partial charge is 0.480 e. The van der Waals surface area contributed by atoms with Gasteiger partial charge in [-0.25, -0.2) is 4.79 Å². The Bertz CT molecular complexity index is 218. The lowest BCUT2D eigenvalue weighted by Gasteiger charge is -2.27. The third kappa shape index (κ3) is 4.25. The van der Waals surface area contributed by atoms with Crippen molar-refractivity contribution in [2.24, 2.45) is 5.41 Å². The van der Waals surface area contributed by atoms with Gasteiger partial charge < -0.3 is 10.4 Å². The number of carbonyl (C=O) groups is 2. The van der Waals surface area contributed by atoms with Gasteiger partial charge in [-0.1, -0.05) is 27.7 Å². The quantitative estimate of drug-likeness (QED) is 0.722. The van der Waals surface area contributed by atoms with E-state index in [0.29, 0.717) is 6.42 Å². The molecule has 0 aliphatic rings. The van der Waals surface area contributed by atoms with Gasteiger partial charge in [0.1, 0.15) is 6.04 Å². The van der Waals surface area contributed by atoms with Crippen LogP contribution in [0.2, 0.25) is 0 Å². The second kappa shape index (κ2) is 4.98. The predicted molar refractivity (Wildman–Crippen MR) is 53.9 cm³/mol. The Kier molecular flexibility index (Phi) is 4.60. The molecule has 0 aromatic carbocycles. The van der Waals surface area contributed by atoms with Crippen LogP contribution in [0.25, 0.3) is 0 Å². The van der Waals surface area contributed by atoms with Crippen LogP contribution >= 0.6 is 0 Å². The first-order valence-corrected chi connectivity index (χ1v) is 4.81. The van der Waals surface area contributed by atoms with E-state index in [4.69, 9.17) is 5.11 Å². The highest BCUT2D eigenvalue weighted by molar-refractivity contribution is 5.84. The summed E-state index contributed by atoms with van der Waals surface area (Å²) in [6, 6.07) is -0.818. The standard InChI is InChI=1S/C10H19NO3/c1-5-6-7(12)11-8(9(13)14)10(2,3)4/h8H,5-6H2,1-4H3,(H,11,12)(H,13,14)/t8-/m0/s1. The zero-order chi connectivity index (χ0) is 11.4. The van der Waals surface area contributed by atoms with Crippen molar-refractivity contribution in [3.05, 3.63) is 0 Å². The van der Waals surface area contributed by atoms with Crippen molar-refractivity contribution in [3.63, 3.8) is 0 Å². The molecular weight excluding hydrogens is 182 g/mol. The molecule has 1 atom stereocenters. The monoisotopic (exact) mass is 201 g/mol. The lowest BCUT2D eigenvalue weighted by Crippen LogP contribution is -2.49. The number of carboxylic acids is 1. The Hall–Kier alpha value is -1.06. The van der Waals surface area contributed by atoms with Crippen molar-refractivity contribution in [2.45, 2.75) is 46.6 Å². The molecule has 0 radical (unpaired) electrons. The van der Waals surface area contributed by atoms with Gasteiger partial charge in [-0.2, -0.15) is 0 Å². The summed E-state index contributed by atoms with van der Waals surface area (Å²) in [5.74, 6) is -1.18.